The summed E-state index contributed by atoms with van der Waals surface area (Å²) in [5.41, 5.74) is 6.69. The maximum atomic E-state index is 12.4. The van der Waals surface area contributed by atoms with Crippen molar-refractivity contribution in [3.63, 3.8) is 0 Å². The zero-order valence-corrected chi connectivity index (χ0v) is 16.7. The van der Waals surface area contributed by atoms with Crippen LogP contribution in [0, 0.1) is 5.92 Å². The molecule has 2 saturated heterocycles. The molecule has 28 heavy (non-hydrogen) atoms. The molecule has 7 nitrogen and oxygen atoms in total. The van der Waals surface area contributed by atoms with E-state index in [1.54, 1.807) is 0 Å². The maximum absolute atomic E-state index is 12.4. The lowest BCUT2D eigenvalue weighted by molar-refractivity contribution is -0.123. The van der Waals surface area contributed by atoms with Crippen LogP contribution in [0.15, 0.2) is 30.3 Å². The molecule has 1 aromatic rings. The second-order valence-corrected chi connectivity index (χ2v) is 7.85. The fourth-order valence-electron chi connectivity index (χ4n) is 4.00. The van der Waals surface area contributed by atoms with E-state index < -0.39 is 0 Å². The number of nitrogens with two attached hydrogens (primary N) is 1. The average molecular weight is 388 g/mol. The Morgan fingerprint density at radius 3 is 2.29 bits per heavy atom. The number of carbonyl (C=O) groups excluding carboxylic acids is 2. The van der Waals surface area contributed by atoms with E-state index in [0.29, 0.717) is 6.54 Å². The van der Waals surface area contributed by atoms with E-state index in [0.717, 1.165) is 71.6 Å². The Labute approximate surface area is 167 Å². The maximum Gasteiger partial charge on any atom is 0.317 e. The van der Waals surface area contributed by atoms with E-state index >= 15 is 0 Å². The molecule has 0 atom stereocenters. The van der Waals surface area contributed by atoms with Crippen molar-refractivity contribution >= 4 is 11.9 Å². The molecule has 0 aromatic heterocycles. The number of primary amides is 1. The molecular weight excluding hydrogens is 354 g/mol. The monoisotopic (exact) mass is 387 g/mol. The smallest absolute Gasteiger partial charge is 0.317 e. The summed E-state index contributed by atoms with van der Waals surface area (Å²) in [6.45, 7) is 7.82. The summed E-state index contributed by atoms with van der Waals surface area (Å²) in [5, 5.41) is 3.05. The highest BCUT2D eigenvalue weighted by molar-refractivity contribution is 5.76. The zero-order valence-electron chi connectivity index (χ0n) is 16.7. The fourth-order valence-corrected chi connectivity index (χ4v) is 4.00. The molecule has 3 rings (SSSR count). The Bertz CT molecular complexity index is 623. The van der Waals surface area contributed by atoms with Crippen LogP contribution in [0.3, 0.4) is 0 Å². The Morgan fingerprint density at radius 2 is 1.64 bits per heavy atom. The topological polar surface area (TPSA) is 81.9 Å². The second kappa shape index (κ2) is 10.4. The van der Waals surface area contributed by atoms with E-state index in [1.165, 1.54) is 5.56 Å². The molecule has 0 aliphatic carbocycles. The molecule has 7 heteroatoms. The van der Waals surface area contributed by atoms with E-state index in [2.05, 4.69) is 39.4 Å². The van der Waals surface area contributed by atoms with Crippen molar-refractivity contribution in [2.24, 2.45) is 11.7 Å². The number of nitrogens with zero attached hydrogens (tertiary/aromatic N) is 3. The molecule has 0 saturated carbocycles. The number of piperazine rings is 1. The lowest BCUT2D eigenvalue weighted by Crippen LogP contribution is -2.51. The third-order valence-corrected chi connectivity index (χ3v) is 5.83. The molecule has 154 valence electrons. The van der Waals surface area contributed by atoms with Gasteiger partial charge in [0.2, 0.25) is 5.91 Å². The number of piperidine rings is 1. The van der Waals surface area contributed by atoms with Crippen molar-refractivity contribution in [3.8, 4) is 0 Å². The molecule has 1 aromatic carbocycles. The van der Waals surface area contributed by atoms with Gasteiger partial charge in [-0.2, -0.15) is 0 Å². The molecule has 0 spiro atoms. The van der Waals surface area contributed by atoms with Crippen molar-refractivity contribution in [1.82, 2.24) is 20.0 Å². The standard InChI is InChI=1S/C21H33N5O2/c22-20(27)19-7-11-24(12-8-19)10-4-9-23-21(28)26-15-13-25(14-16-26)17-18-5-2-1-3-6-18/h1-3,5-6,19H,4,7-17H2,(H2,22,27)(H,23,28). The lowest BCUT2D eigenvalue weighted by atomic mass is 9.96. The number of hydrogen-bond acceptors (Lipinski definition) is 4. The van der Waals surface area contributed by atoms with Gasteiger partial charge in [-0.3, -0.25) is 9.69 Å². The van der Waals surface area contributed by atoms with Gasteiger partial charge in [0.1, 0.15) is 0 Å². The van der Waals surface area contributed by atoms with Gasteiger partial charge in [-0.15, -0.1) is 0 Å². The average Bonchev–Trinajstić information content (AvgIpc) is 2.72. The van der Waals surface area contributed by atoms with E-state index in [1.807, 2.05) is 11.0 Å². The van der Waals surface area contributed by atoms with Crippen LogP contribution >= 0.6 is 0 Å². The minimum atomic E-state index is -0.171. The molecule has 0 bridgehead atoms. The number of benzene rings is 1. The molecule has 3 N–H and O–H groups in total. The number of rotatable bonds is 7. The largest absolute Gasteiger partial charge is 0.369 e. The van der Waals surface area contributed by atoms with Crippen LogP contribution in [0.4, 0.5) is 4.79 Å². The van der Waals surface area contributed by atoms with Crippen molar-refractivity contribution in [3.05, 3.63) is 35.9 Å². The van der Waals surface area contributed by atoms with Gasteiger partial charge in [0.25, 0.3) is 0 Å². The second-order valence-electron chi connectivity index (χ2n) is 7.85. The third-order valence-electron chi connectivity index (χ3n) is 5.83. The molecule has 2 fully saturated rings. The molecule has 3 amide bonds. The first-order valence-corrected chi connectivity index (χ1v) is 10.4. The Kier molecular flexibility index (Phi) is 7.68. The van der Waals surface area contributed by atoms with Crippen LogP contribution in [-0.4, -0.2) is 79.0 Å². The Morgan fingerprint density at radius 1 is 0.964 bits per heavy atom. The molecular formula is C21H33N5O2. The summed E-state index contributed by atoms with van der Waals surface area (Å²) in [6, 6.07) is 10.5. The predicted molar refractivity (Wildman–Crippen MR) is 110 cm³/mol. The van der Waals surface area contributed by atoms with Crippen LogP contribution in [0.2, 0.25) is 0 Å². The summed E-state index contributed by atoms with van der Waals surface area (Å²) >= 11 is 0. The summed E-state index contributed by atoms with van der Waals surface area (Å²) in [7, 11) is 0. The normalized spacial score (nSPS) is 19.5. The Hall–Kier alpha value is -2.12. The molecule has 0 unspecified atom stereocenters. The molecule has 2 aliphatic rings. The first-order valence-electron chi connectivity index (χ1n) is 10.4. The number of hydrogen-bond donors (Lipinski definition) is 2. The minimum absolute atomic E-state index is 0.0384. The molecule has 2 aliphatic heterocycles. The van der Waals surface area contributed by atoms with E-state index in [-0.39, 0.29) is 17.9 Å². The number of amides is 3. The first-order chi connectivity index (χ1) is 13.6. The van der Waals surface area contributed by atoms with Crippen LogP contribution in [0.1, 0.15) is 24.8 Å². The number of urea groups is 1. The highest BCUT2D eigenvalue weighted by Gasteiger charge is 2.23. The zero-order chi connectivity index (χ0) is 19.8. The molecule has 2 heterocycles. The van der Waals surface area contributed by atoms with Gasteiger partial charge in [-0.05, 0) is 44.5 Å². The van der Waals surface area contributed by atoms with Crippen molar-refractivity contribution in [1.29, 1.82) is 0 Å². The van der Waals surface area contributed by atoms with Crippen LogP contribution < -0.4 is 11.1 Å². The fraction of sp³-hybridized carbons (Fsp3) is 0.619. The van der Waals surface area contributed by atoms with Crippen LogP contribution in [0.5, 0.6) is 0 Å². The highest BCUT2D eigenvalue weighted by atomic mass is 16.2. The van der Waals surface area contributed by atoms with Crippen molar-refractivity contribution < 1.29 is 9.59 Å². The predicted octanol–water partition coefficient (Wildman–Crippen LogP) is 1.10. The van der Waals surface area contributed by atoms with Gasteiger partial charge in [-0.1, -0.05) is 30.3 Å². The quantitative estimate of drug-likeness (QED) is 0.687. The van der Waals surface area contributed by atoms with Gasteiger partial charge in [0.15, 0.2) is 0 Å². The lowest BCUT2D eigenvalue weighted by Gasteiger charge is -2.35. The van der Waals surface area contributed by atoms with E-state index in [9.17, 15) is 9.59 Å². The number of nitrogens with one attached hydrogen (secondary N) is 1. The minimum Gasteiger partial charge on any atom is -0.369 e. The SMILES string of the molecule is NC(=O)C1CCN(CCCNC(=O)N2CCN(Cc3ccccc3)CC2)CC1. The first kappa shape index (κ1) is 20.6. The number of carbonyl (C=O) groups is 2. The summed E-state index contributed by atoms with van der Waals surface area (Å²) in [5.74, 6) is -0.132. The Balaban J connectivity index is 1.26. The van der Waals surface area contributed by atoms with Gasteiger partial charge < -0.3 is 20.9 Å². The van der Waals surface area contributed by atoms with Gasteiger partial charge in [0.05, 0.1) is 0 Å². The van der Waals surface area contributed by atoms with Crippen molar-refractivity contribution in [2.45, 2.75) is 25.8 Å². The summed E-state index contributed by atoms with van der Waals surface area (Å²) < 4.78 is 0. The van der Waals surface area contributed by atoms with Crippen LogP contribution in [-0.2, 0) is 11.3 Å². The van der Waals surface area contributed by atoms with Gasteiger partial charge >= 0.3 is 6.03 Å². The van der Waals surface area contributed by atoms with Crippen LogP contribution in [0.25, 0.3) is 0 Å². The summed E-state index contributed by atoms with van der Waals surface area (Å²) in [6.07, 6.45) is 2.64. The summed E-state index contributed by atoms with van der Waals surface area (Å²) in [4.78, 5) is 30.2. The number of likely N-dealkylation sites (tertiary alicyclic amines) is 1. The van der Waals surface area contributed by atoms with Gasteiger partial charge in [-0.25, -0.2) is 4.79 Å². The van der Waals surface area contributed by atoms with Gasteiger partial charge in [0, 0.05) is 45.2 Å². The van der Waals surface area contributed by atoms with Crippen molar-refractivity contribution in [2.75, 3.05) is 52.4 Å². The molecule has 0 radical (unpaired) electrons. The van der Waals surface area contributed by atoms with E-state index in [4.69, 9.17) is 5.73 Å². The third kappa shape index (κ3) is 6.21. The highest BCUT2D eigenvalue weighted by Crippen LogP contribution is 2.16.